The summed E-state index contributed by atoms with van der Waals surface area (Å²) in [6.07, 6.45) is 2.00. The highest BCUT2D eigenvalue weighted by atomic mass is 16.5. The van der Waals surface area contributed by atoms with Gasteiger partial charge in [-0.25, -0.2) is 0 Å². The van der Waals surface area contributed by atoms with E-state index in [2.05, 4.69) is 17.2 Å². The predicted molar refractivity (Wildman–Crippen MR) is 76.4 cm³/mol. The summed E-state index contributed by atoms with van der Waals surface area (Å²) < 4.78 is 5.19. The number of rotatable bonds is 3. The van der Waals surface area contributed by atoms with Crippen molar-refractivity contribution >= 4 is 5.91 Å². The first kappa shape index (κ1) is 14.6. The summed E-state index contributed by atoms with van der Waals surface area (Å²) in [6.45, 7) is 1.74. The van der Waals surface area contributed by atoms with E-state index in [0.29, 0.717) is 5.56 Å². The average molecular weight is 273 g/mol. The molecule has 106 valence electrons. The summed E-state index contributed by atoms with van der Waals surface area (Å²) >= 11 is 0. The van der Waals surface area contributed by atoms with Crippen molar-refractivity contribution in [2.24, 2.45) is 0 Å². The van der Waals surface area contributed by atoms with E-state index in [1.807, 2.05) is 13.0 Å². The molecular formula is C16H19NO3. The lowest BCUT2D eigenvalue weighted by atomic mass is 9.89. The van der Waals surface area contributed by atoms with Gasteiger partial charge in [-0.2, -0.15) is 0 Å². The highest BCUT2D eigenvalue weighted by Gasteiger charge is 2.30. The van der Waals surface area contributed by atoms with Crippen molar-refractivity contribution in [1.29, 1.82) is 0 Å². The van der Waals surface area contributed by atoms with E-state index in [4.69, 9.17) is 9.84 Å². The molecule has 1 aliphatic rings. The number of aliphatic hydroxyl groups excluding tert-OH is 1. The maximum absolute atomic E-state index is 12.1. The van der Waals surface area contributed by atoms with E-state index in [1.165, 1.54) is 0 Å². The lowest BCUT2D eigenvalue weighted by molar-refractivity contribution is 0.0176. The van der Waals surface area contributed by atoms with Crippen LogP contribution >= 0.6 is 0 Å². The summed E-state index contributed by atoms with van der Waals surface area (Å²) in [5.41, 5.74) is 2.36. The lowest BCUT2D eigenvalue weighted by Gasteiger charge is -2.34. The van der Waals surface area contributed by atoms with Crippen LogP contribution in [0.2, 0.25) is 0 Å². The van der Waals surface area contributed by atoms with Crippen molar-refractivity contribution < 1.29 is 14.6 Å². The number of aliphatic hydroxyl groups is 1. The molecule has 0 saturated heterocycles. The summed E-state index contributed by atoms with van der Waals surface area (Å²) in [6, 6.07) is 5.62. The van der Waals surface area contributed by atoms with Crippen molar-refractivity contribution in [2.75, 3.05) is 13.7 Å². The zero-order chi connectivity index (χ0) is 14.5. The minimum absolute atomic E-state index is 0.0865. The molecule has 0 spiro atoms. The number of hydrogen-bond donors (Lipinski definition) is 2. The first-order valence-electron chi connectivity index (χ1n) is 6.68. The fourth-order valence-corrected chi connectivity index (χ4v) is 2.18. The normalized spacial score (nSPS) is 20.6. The SMILES string of the molecule is COC1CC(NC(=O)c2ccc(C)c(C#CCO)c2)C1. The van der Waals surface area contributed by atoms with Crippen LogP contribution in [-0.4, -0.2) is 36.9 Å². The van der Waals surface area contributed by atoms with E-state index >= 15 is 0 Å². The Morgan fingerprint density at radius 2 is 2.25 bits per heavy atom. The fourth-order valence-electron chi connectivity index (χ4n) is 2.18. The van der Waals surface area contributed by atoms with Crippen LogP contribution in [0.4, 0.5) is 0 Å². The summed E-state index contributed by atoms with van der Waals surface area (Å²) in [5, 5.41) is 11.7. The van der Waals surface area contributed by atoms with Crippen LogP contribution in [0.3, 0.4) is 0 Å². The van der Waals surface area contributed by atoms with Crippen LogP contribution in [0.5, 0.6) is 0 Å². The van der Waals surface area contributed by atoms with Crippen LogP contribution in [0.25, 0.3) is 0 Å². The number of benzene rings is 1. The van der Waals surface area contributed by atoms with Gasteiger partial charge in [-0.15, -0.1) is 0 Å². The van der Waals surface area contributed by atoms with Crippen molar-refractivity contribution in [3.63, 3.8) is 0 Å². The third-order valence-electron chi connectivity index (χ3n) is 3.57. The maximum atomic E-state index is 12.1. The minimum atomic E-state index is -0.184. The van der Waals surface area contributed by atoms with Gasteiger partial charge in [0, 0.05) is 24.3 Å². The highest BCUT2D eigenvalue weighted by Crippen LogP contribution is 2.23. The van der Waals surface area contributed by atoms with E-state index in [-0.39, 0.29) is 24.7 Å². The Morgan fingerprint density at radius 3 is 2.90 bits per heavy atom. The van der Waals surface area contributed by atoms with Gasteiger partial charge in [0.2, 0.25) is 0 Å². The Hall–Kier alpha value is -1.83. The van der Waals surface area contributed by atoms with E-state index in [1.54, 1.807) is 19.2 Å². The van der Waals surface area contributed by atoms with Gasteiger partial charge in [0.1, 0.15) is 6.61 Å². The molecular weight excluding hydrogens is 254 g/mol. The third-order valence-corrected chi connectivity index (χ3v) is 3.57. The van der Waals surface area contributed by atoms with Gasteiger partial charge in [-0.05, 0) is 37.5 Å². The number of nitrogens with one attached hydrogen (secondary N) is 1. The Balaban J connectivity index is 2.03. The molecule has 1 aromatic rings. The molecule has 1 aromatic carbocycles. The molecule has 2 N–H and O–H groups in total. The molecule has 0 bridgehead atoms. The van der Waals surface area contributed by atoms with Gasteiger partial charge >= 0.3 is 0 Å². The van der Waals surface area contributed by atoms with Gasteiger partial charge in [-0.1, -0.05) is 17.9 Å². The molecule has 1 aliphatic carbocycles. The van der Waals surface area contributed by atoms with Crippen LogP contribution in [0.15, 0.2) is 18.2 Å². The van der Waals surface area contributed by atoms with E-state index in [9.17, 15) is 4.79 Å². The first-order chi connectivity index (χ1) is 9.63. The number of ether oxygens (including phenoxy) is 1. The topological polar surface area (TPSA) is 58.6 Å². The average Bonchev–Trinajstić information content (AvgIpc) is 2.41. The van der Waals surface area contributed by atoms with Gasteiger partial charge in [-0.3, -0.25) is 4.79 Å². The highest BCUT2D eigenvalue weighted by molar-refractivity contribution is 5.95. The second kappa shape index (κ2) is 6.56. The first-order valence-corrected chi connectivity index (χ1v) is 6.68. The molecule has 20 heavy (non-hydrogen) atoms. The number of amides is 1. The van der Waals surface area contributed by atoms with E-state index < -0.39 is 0 Å². The fraction of sp³-hybridized carbons (Fsp3) is 0.438. The van der Waals surface area contributed by atoms with Crippen molar-refractivity contribution in [2.45, 2.75) is 31.9 Å². The standard InChI is InChI=1S/C16H19NO3/c1-11-5-6-13(8-12(11)4-3-7-18)16(19)17-14-9-15(10-14)20-2/h5-6,8,14-15,18H,7,9-10H2,1-2H3,(H,17,19). The Bertz CT molecular complexity index is 551. The number of methoxy groups -OCH3 is 1. The Labute approximate surface area is 119 Å². The van der Waals surface area contributed by atoms with Crippen molar-refractivity contribution in [3.05, 3.63) is 34.9 Å². The number of carbonyl (C=O) groups is 1. The molecule has 1 fully saturated rings. The molecule has 0 aliphatic heterocycles. The zero-order valence-electron chi connectivity index (χ0n) is 11.8. The summed E-state index contributed by atoms with van der Waals surface area (Å²) in [5.74, 6) is 5.37. The summed E-state index contributed by atoms with van der Waals surface area (Å²) in [7, 11) is 1.69. The molecule has 0 radical (unpaired) electrons. The molecule has 0 atom stereocenters. The predicted octanol–water partition coefficient (Wildman–Crippen LogP) is 1.25. The van der Waals surface area contributed by atoms with Gasteiger partial charge in [0.05, 0.1) is 6.10 Å². The Kier molecular flexibility index (Phi) is 4.78. The summed E-state index contributed by atoms with van der Waals surface area (Å²) in [4.78, 5) is 12.1. The van der Waals surface area contributed by atoms with Gasteiger partial charge in [0.25, 0.3) is 5.91 Å². The molecule has 0 heterocycles. The quantitative estimate of drug-likeness (QED) is 0.815. The molecule has 1 amide bonds. The smallest absolute Gasteiger partial charge is 0.251 e. The van der Waals surface area contributed by atoms with Gasteiger partial charge < -0.3 is 15.2 Å². The number of aryl methyl sites for hydroxylation is 1. The molecule has 2 rings (SSSR count). The largest absolute Gasteiger partial charge is 0.384 e. The second-order valence-electron chi connectivity index (χ2n) is 4.99. The van der Waals surface area contributed by atoms with Crippen LogP contribution in [-0.2, 0) is 4.74 Å². The maximum Gasteiger partial charge on any atom is 0.251 e. The monoisotopic (exact) mass is 273 g/mol. The van der Waals surface area contributed by atoms with Crippen LogP contribution in [0, 0.1) is 18.8 Å². The van der Waals surface area contributed by atoms with E-state index in [0.717, 1.165) is 24.0 Å². The van der Waals surface area contributed by atoms with Crippen molar-refractivity contribution in [1.82, 2.24) is 5.32 Å². The van der Waals surface area contributed by atoms with Crippen LogP contribution < -0.4 is 5.32 Å². The molecule has 1 saturated carbocycles. The number of carbonyl (C=O) groups excluding carboxylic acids is 1. The van der Waals surface area contributed by atoms with Crippen LogP contribution in [0.1, 0.15) is 34.3 Å². The lowest BCUT2D eigenvalue weighted by Crippen LogP contribution is -2.47. The number of hydrogen-bond acceptors (Lipinski definition) is 3. The molecule has 0 aromatic heterocycles. The zero-order valence-corrected chi connectivity index (χ0v) is 11.8. The minimum Gasteiger partial charge on any atom is -0.384 e. The Morgan fingerprint density at radius 1 is 1.50 bits per heavy atom. The van der Waals surface area contributed by atoms with Gasteiger partial charge in [0.15, 0.2) is 0 Å². The second-order valence-corrected chi connectivity index (χ2v) is 4.99. The molecule has 4 nitrogen and oxygen atoms in total. The molecule has 4 heteroatoms. The van der Waals surface area contributed by atoms with Crippen molar-refractivity contribution in [3.8, 4) is 11.8 Å². The molecule has 0 unspecified atom stereocenters. The third kappa shape index (κ3) is 3.38.